The van der Waals surface area contributed by atoms with Gasteiger partial charge in [-0.3, -0.25) is 9.59 Å². The summed E-state index contributed by atoms with van der Waals surface area (Å²) in [4.78, 5) is 42.0. The zero-order valence-corrected chi connectivity index (χ0v) is 29.4. The number of ether oxygens (including phenoxy) is 1. The van der Waals surface area contributed by atoms with Gasteiger partial charge in [-0.05, 0) is 108 Å². The lowest BCUT2D eigenvalue weighted by molar-refractivity contribution is -0.136. The molecule has 0 aromatic heterocycles. The molecule has 2 aliphatic heterocycles. The van der Waals surface area contributed by atoms with Crippen LogP contribution in [-0.2, 0) is 30.1 Å². The summed E-state index contributed by atoms with van der Waals surface area (Å²) in [5, 5.41) is 5.50. The first-order chi connectivity index (χ1) is 22.9. The molecule has 10 nitrogen and oxygen atoms in total. The molecule has 0 aliphatic carbocycles. The number of anilines is 2. The predicted molar refractivity (Wildman–Crippen MR) is 188 cm³/mol. The zero-order chi connectivity index (χ0) is 35.9. The number of rotatable bonds is 7. The van der Waals surface area contributed by atoms with Crippen molar-refractivity contribution in [1.29, 1.82) is 0 Å². The Balaban J connectivity index is 1.47. The van der Waals surface area contributed by atoms with Gasteiger partial charge in [0.25, 0.3) is 11.8 Å². The van der Waals surface area contributed by atoms with E-state index in [0.717, 1.165) is 11.0 Å². The van der Waals surface area contributed by atoms with Crippen LogP contribution < -0.4 is 21.8 Å². The molecule has 1 fully saturated rings. The van der Waals surface area contributed by atoms with Crippen molar-refractivity contribution in [3.63, 3.8) is 0 Å². The lowest BCUT2D eigenvalue weighted by atomic mass is 9.72. The molecule has 0 radical (unpaired) electrons. The SMILES string of the molecule is CC(C)(C)OC(=O)c1ccc(NC(=O)C2c3cccc(B4OC(C)(C)C(C)(C)O4)c3CCN2C(=O)/C(N)=C/Nc2cccc(Cl)c2F)cc1. The molecule has 2 aliphatic rings. The van der Waals surface area contributed by atoms with E-state index < -0.39 is 53.6 Å². The molecule has 0 spiro atoms. The second-order valence-electron chi connectivity index (χ2n) is 14.1. The van der Waals surface area contributed by atoms with E-state index in [-0.39, 0.29) is 23.0 Å². The minimum absolute atomic E-state index is 0.0309. The third-order valence-corrected chi connectivity index (χ3v) is 9.13. The van der Waals surface area contributed by atoms with Gasteiger partial charge in [0.1, 0.15) is 17.3 Å². The molecule has 2 amide bonds. The fourth-order valence-electron chi connectivity index (χ4n) is 5.63. The third kappa shape index (κ3) is 7.61. The second-order valence-corrected chi connectivity index (χ2v) is 14.5. The van der Waals surface area contributed by atoms with Crippen LogP contribution in [0.4, 0.5) is 15.8 Å². The van der Waals surface area contributed by atoms with Crippen molar-refractivity contribution in [3.05, 3.63) is 100 Å². The highest BCUT2D eigenvalue weighted by molar-refractivity contribution is 6.62. The molecule has 49 heavy (non-hydrogen) atoms. The number of benzene rings is 3. The topological polar surface area (TPSA) is 132 Å². The number of hydrogen-bond donors (Lipinski definition) is 3. The van der Waals surface area contributed by atoms with Crippen LogP contribution in [0.3, 0.4) is 0 Å². The highest BCUT2D eigenvalue weighted by Gasteiger charge is 2.53. The Morgan fingerprint density at radius 2 is 1.65 bits per heavy atom. The van der Waals surface area contributed by atoms with Gasteiger partial charge in [0.2, 0.25) is 0 Å². The van der Waals surface area contributed by atoms with Crippen molar-refractivity contribution in [1.82, 2.24) is 4.90 Å². The highest BCUT2D eigenvalue weighted by Crippen LogP contribution is 2.38. The number of nitrogens with two attached hydrogens (primary N) is 1. The van der Waals surface area contributed by atoms with Crippen LogP contribution in [0.5, 0.6) is 0 Å². The largest absolute Gasteiger partial charge is 0.495 e. The van der Waals surface area contributed by atoms with E-state index in [4.69, 9.17) is 31.4 Å². The van der Waals surface area contributed by atoms with Gasteiger partial charge < -0.3 is 35.3 Å². The number of carbonyl (C=O) groups is 3. The normalized spacial score (nSPS) is 18.5. The highest BCUT2D eigenvalue weighted by atomic mass is 35.5. The monoisotopic (exact) mass is 690 g/mol. The maximum Gasteiger partial charge on any atom is 0.495 e. The van der Waals surface area contributed by atoms with E-state index in [1.807, 2.05) is 33.8 Å². The first kappa shape index (κ1) is 35.9. The van der Waals surface area contributed by atoms with Crippen molar-refractivity contribution in [2.24, 2.45) is 5.73 Å². The van der Waals surface area contributed by atoms with Crippen molar-refractivity contribution in [2.75, 3.05) is 17.2 Å². The van der Waals surface area contributed by atoms with Crippen LogP contribution >= 0.6 is 11.6 Å². The molecule has 0 bridgehead atoms. The summed E-state index contributed by atoms with van der Waals surface area (Å²) in [7, 11) is -0.687. The summed E-state index contributed by atoms with van der Waals surface area (Å²) in [6, 6.07) is 15.1. The van der Waals surface area contributed by atoms with Crippen molar-refractivity contribution in [2.45, 2.75) is 77.7 Å². The van der Waals surface area contributed by atoms with Gasteiger partial charge in [-0.1, -0.05) is 35.9 Å². The number of carbonyl (C=O) groups excluding carboxylic acids is 3. The minimum atomic E-state index is -1.11. The summed E-state index contributed by atoms with van der Waals surface area (Å²) in [6.45, 7) is 13.3. The summed E-state index contributed by atoms with van der Waals surface area (Å²) < 4.78 is 32.6. The van der Waals surface area contributed by atoms with E-state index in [2.05, 4.69) is 10.6 Å². The molecular formula is C36H41BClFN4O6. The quantitative estimate of drug-likeness (QED) is 0.163. The van der Waals surface area contributed by atoms with Crippen molar-refractivity contribution in [3.8, 4) is 0 Å². The number of nitrogens with zero attached hydrogens (tertiary/aromatic N) is 1. The zero-order valence-electron chi connectivity index (χ0n) is 28.6. The molecule has 4 N–H and O–H groups in total. The number of fused-ring (bicyclic) bond motifs is 1. The molecule has 13 heteroatoms. The Kier molecular flexibility index (Phi) is 9.89. The lowest BCUT2D eigenvalue weighted by Crippen LogP contribution is -2.49. The Morgan fingerprint density at radius 1 is 1.02 bits per heavy atom. The van der Waals surface area contributed by atoms with Gasteiger partial charge in [0, 0.05) is 18.4 Å². The number of halogens is 2. The van der Waals surface area contributed by atoms with E-state index in [1.54, 1.807) is 63.2 Å². The Morgan fingerprint density at radius 3 is 2.29 bits per heavy atom. The number of amides is 2. The lowest BCUT2D eigenvalue weighted by Gasteiger charge is -2.37. The summed E-state index contributed by atoms with van der Waals surface area (Å²) in [5.74, 6) is -2.33. The van der Waals surface area contributed by atoms with E-state index >= 15 is 0 Å². The van der Waals surface area contributed by atoms with Crippen LogP contribution in [-0.4, -0.2) is 53.1 Å². The van der Waals surface area contributed by atoms with E-state index in [9.17, 15) is 18.8 Å². The fraction of sp³-hybridized carbons (Fsp3) is 0.361. The van der Waals surface area contributed by atoms with Gasteiger partial charge in [-0.15, -0.1) is 0 Å². The molecular weight excluding hydrogens is 650 g/mol. The molecule has 1 unspecified atom stereocenters. The average molecular weight is 691 g/mol. The summed E-state index contributed by atoms with van der Waals surface area (Å²) in [5.41, 5.74) is 7.07. The molecule has 2 heterocycles. The maximum atomic E-state index is 14.5. The van der Waals surface area contributed by atoms with Crippen LogP contribution in [0.2, 0.25) is 5.02 Å². The first-order valence-electron chi connectivity index (χ1n) is 16.0. The second kappa shape index (κ2) is 13.5. The molecule has 3 aromatic carbocycles. The van der Waals surface area contributed by atoms with Gasteiger partial charge >= 0.3 is 13.1 Å². The first-order valence-corrected chi connectivity index (χ1v) is 16.3. The average Bonchev–Trinajstić information content (AvgIpc) is 3.25. The maximum absolute atomic E-state index is 14.5. The molecule has 258 valence electrons. The standard InChI is InChI=1S/C36H41BClFN4O6/c1-34(2,3)47-33(46)21-14-16-22(17-15-21)42-31(44)30-24-10-8-11-25(37-48-35(4,5)36(6,7)49-37)23(24)18-19-43(30)32(45)27(40)20-41-28-13-9-12-26(38)29(28)39/h8-17,20,30,41H,18-19,40H2,1-7H3,(H,42,44)/b27-20-. The fourth-order valence-corrected chi connectivity index (χ4v) is 5.80. The van der Waals surface area contributed by atoms with Crippen molar-refractivity contribution >= 4 is 53.3 Å². The van der Waals surface area contributed by atoms with Gasteiger partial charge in [-0.2, -0.15) is 0 Å². The number of hydrogen-bond acceptors (Lipinski definition) is 8. The predicted octanol–water partition coefficient (Wildman–Crippen LogP) is 5.71. The molecule has 1 atom stereocenters. The summed E-state index contributed by atoms with van der Waals surface area (Å²) >= 11 is 5.89. The minimum Gasteiger partial charge on any atom is -0.456 e. The van der Waals surface area contributed by atoms with Gasteiger partial charge in [0.15, 0.2) is 5.82 Å². The molecule has 0 saturated carbocycles. The van der Waals surface area contributed by atoms with Crippen LogP contribution in [0, 0.1) is 5.82 Å². The molecule has 3 aromatic rings. The van der Waals surface area contributed by atoms with E-state index in [1.165, 1.54) is 23.2 Å². The van der Waals surface area contributed by atoms with Gasteiger partial charge in [-0.25, -0.2) is 9.18 Å². The number of nitrogens with one attached hydrogen (secondary N) is 2. The Labute approximate surface area is 291 Å². The summed E-state index contributed by atoms with van der Waals surface area (Å²) in [6.07, 6.45) is 1.57. The van der Waals surface area contributed by atoms with Crippen LogP contribution in [0.15, 0.2) is 72.6 Å². The van der Waals surface area contributed by atoms with Crippen LogP contribution in [0.1, 0.15) is 76.0 Å². The number of esters is 1. The Hall–Kier alpha value is -4.39. The van der Waals surface area contributed by atoms with Gasteiger partial charge in [0.05, 0.1) is 27.5 Å². The van der Waals surface area contributed by atoms with Crippen molar-refractivity contribution < 1.29 is 32.8 Å². The third-order valence-electron chi connectivity index (χ3n) is 8.84. The van der Waals surface area contributed by atoms with E-state index in [0.29, 0.717) is 23.2 Å². The Bertz CT molecular complexity index is 1790. The smallest absolute Gasteiger partial charge is 0.456 e. The van der Waals surface area contributed by atoms with Crippen LogP contribution in [0.25, 0.3) is 0 Å². The molecule has 5 rings (SSSR count). The molecule has 1 saturated heterocycles.